The average Bonchev–Trinajstić information content (AvgIpc) is 2.62. The lowest BCUT2D eigenvalue weighted by Crippen LogP contribution is -2.50. The number of halogens is 1. The Kier molecular flexibility index (Phi) is 5.01. The molecule has 0 spiro atoms. The highest BCUT2D eigenvalue weighted by Gasteiger charge is 2.47. The van der Waals surface area contributed by atoms with Gasteiger partial charge in [-0.05, 0) is 44.4 Å². The highest BCUT2D eigenvalue weighted by molar-refractivity contribution is 5.85. The Bertz CT molecular complexity index is 354. The fraction of sp³-hybridized carbons (Fsp3) is 0.938. The number of amides is 1. The van der Waals surface area contributed by atoms with Crippen molar-refractivity contribution < 1.29 is 4.79 Å². The quantitative estimate of drug-likeness (QED) is 0.869. The Morgan fingerprint density at radius 1 is 1.25 bits per heavy atom. The monoisotopic (exact) mass is 300 g/mol. The predicted molar refractivity (Wildman–Crippen MR) is 84.1 cm³/mol. The second kappa shape index (κ2) is 6.23. The van der Waals surface area contributed by atoms with Crippen LogP contribution in [-0.2, 0) is 4.79 Å². The van der Waals surface area contributed by atoms with Crippen LogP contribution in [-0.4, -0.2) is 36.0 Å². The molecule has 0 radical (unpaired) electrons. The second-order valence-electron chi connectivity index (χ2n) is 7.41. The van der Waals surface area contributed by atoms with E-state index < -0.39 is 0 Å². The van der Waals surface area contributed by atoms with Crippen LogP contribution in [0.2, 0.25) is 0 Å². The number of hydrogen-bond donors (Lipinski definition) is 1. The molecule has 1 N–H and O–H groups in total. The number of nitrogens with zero attached hydrogens (tertiary/aromatic N) is 1. The Labute approximate surface area is 129 Å². The van der Waals surface area contributed by atoms with Crippen LogP contribution in [0.15, 0.2) is 0 Å². The molecular weight excluding hydrogens is 272 g/mol. The molecule has 2 bridgehead atoms. The molecule has 3 fully saturated rings. The van der Waals surface area contributed by atoms with Crippen molar-refractivity contribution >= 4 is 18.3 Å². The van der Waals surface area contributed by atoms with Gasteiger partial charge in [-0.1, -0.05) is 20.3 Å². The van der Waals surface area contributed by atoms with Crippen molar-refractivity contribution in [3.8, 4) is 0 Å². The van der Waals surface area contributed by atoms with Crippen molar-refractivity contribution in [2.75, 3.05) is 13.1 Å². The Morgan fingerprint density at radius 3 is 2.55 bits per heavy atom. The third kappa shape index (κ3) is 2.99. The lowest BCUT2D eigenvalue weighted by atomic mass is 9.63. The van der Waals surface area contributed by atoms with Gasteiger partial charge in [-0.25, -0.2) is 0 Å². The molecule has 2 unspecified atom stereocenters. The molecule has 0 aromatic heterocycles. The van der Waals surface area contributed by atoms with E-state index in [2.05, 4.69) is 24.1 Å². The minimum absolute atomic E-state index is 0. The SMILES string of the molecule is CC(C)CC1(C(=O)N2CCC3CCC(C2)N3)CCC1.Cl. The number of carbonyl (C=O) groups is 1. The molecule has 116 valence electrons. The summed E-state index contributed by atoms with van der Waals surface area (Å²) >= 11 is 0. The van der Waals surface area contributed by atoms with E-state index in [1.54, 1.807) is 0 Å². The van der Waals surface area contributed by atoms with Gasteiger partial charge in [-0.15, -0.1) is 12.4 Å². The molecule has 2 atom stereocenters. The standard InChI is InChI=1S/C16H28N2O.ClH/c1-12(2)10-16(7-3-8-16)15(19)18-9-6-13-4-5-14(11-18)17-13;/h12-14,17H,3-11H2,1-2H3;1H. The largest absolute Gasteiger partial charge is 0.341 e. The Hall–Kier alpha value is -0.280. The van der Waals surface area contributed by atoms with E-state index in [-0.39, 0.29) is 17.8 Å². The van der Waals surface area contributed by atoms with Crippen LogP contribution < -0.4 is 5.32 Å². The summed E-state index contributed by atoms with van der Waals surface area (Å²) < 4.78 is 0. The summed E-state index contributed by atoms with van der Waals surface area (Å²) in [6.45, 7) is 6.43. The van der Waals surface area contributed by atoms with Crippen molar-refractivity contribution in [1.29, 1.82) is 0 Å². The topological polar surface area (TPSA) is 32.3 Å². The molecular formula is C16H29ClN2O. The van der Waals surface area contributed by atoms with Crippen LogP contribution >= 0.6 is 12.4 Å². The predicted octanol–water partition coefficient (Wildman–Crippen LogP) is 2.98. The van der Waals surface area contributed by atoms with Gasteiger partial charge in [0.1, 0.15) is 0 Å². The number of fused-ring (bicyclic) bond motifs is 2. The summed E-state index contributed by atoms with van der Waals surface area (Å²) in [4.78, 5) is 15.2. The molecule has 2 aliphatic heterocycles. The summed E-state index contributed by atoms with van der Waals surface area (Å²) in [6, 6.07) is 1.23. The number of hydrogen-bond acceptors (Lipinski definition) is 2. The van der Waals surface area contributed by atoms with Crippen LogP contribution in [0.25, 0.3) is 0 Å². The van der Waals surface area contributed by atoms with Gasteiger partial charge in [0.05, 0.1) is 0 Å². The third-order valence-electron chi connectivity index (χ3n) is 5.37. The molecule has 2 heterocycles. The number of carbonyl (C=O) groups excluding carboxylic acids is 1. The van der Waals surface area contributed by atoms with E-state index in [4.69, 9.17) is 0 Å². The maximum absolute atomic E-state index is 13.0. The molecule has 1 aliphatic carbocycles. The molecule has 0 aromatic rings. The van der Waals surface area contributed by atoms with E-state index in [1.165, 1.54) is 19.3 Å². The van der Waals surface area contributed by atoms with E-state index in [0.29, 0.717) is 23.9 Å². The molecule has 0 aromatic carbocycles. The minimum atomic E-state index is 0. The first-order chi connectivity index (χ1) is 9.09. The second-order valence-corrected chi connectivity index (χ2v) is 7.41. The summed E-state index contributed by atoms with van der Waals surface area (Å²) in [5.74, 6) is 1.10. The molecule has 1 saturated carbocycles. The summed E-state index contributed by atoms with van der Waals surface area (Å²) in [5.41, 5.74) is 0.0117. The van der Waals surface area contributed by atoms with Crippen molar-refractivity contribution in [1.82, 2.24) is 10.2 Å². The van der Waals surface area contributed by atoms with E-state index >= 15 is 0 Å². The summed E-state index contributed by atoms with van der Waals surface area (Å²) in [6.07, 6.45) is 8.31. The summed E-state index contributed by atoms with van der Waals surface area (Å²) in [7, 11) is 0. The molecule has 3 rings (SSSR count). The summed E-state index contributed by atoms with van der Waals surface area (Å²) in [5, 5.41) is 3.67. The van der Waals surface area contributed by atoms with Crippen LogP contribution in [0.3, 0.4) is 0 Å². The van der Waals surface area contributed by atoms with Crippen molar-refractivity contribution in [3.63, 3.8) is 0 Å². The zero-order valence-corrected chi connectivity index (χ0v) is 13.7. The van der Waals surface area contributed by atoms with Crippen LogP contribution in [0, 0.1) is 11.3 Å². The molecule has 4 heteroatoms. The first-order valence-corrected chi connectivity index (χ1v) is 8.14. The van der Waals surface area contributed by atoms with Crippen molar-refractivity contribution in [3.05, 3.63) is 0 Å². The first-order valence-electron chi connectivity index (χ1n) is 8.14. The van der Waals surface area contributed by atoms with Crippen molar-refractivity contribution in [2.24, 2.45) is 11.3 Å². The Balaban J connectivity index is 0.00000147. The third-order valence-corrected chi connectivity index (χ3v) is 5.37. The van der Waals surface area contributed by atoms with Crippen LogP contribution in [0.4, 0.5) is 0 Å². The highest BCUT2D eigenvalue weighted by Crippen LogP contribution is 2.47. The molecule has 1 amide bonds. The lowest BCUT2D eigenvalue weighted by Gasteiger charge is -2.45. The van der Waals surface area contributed by atoms with Gasteiger partial charge in [0.15, 0.2) is 0 Å². The van der Waals surface area contributed by atoms with Crippen LogP contribution in [0.5, 0.6) is 0 Å². The van der Waals surface area contributed by atoms with Gasteiger partial charge in [0.25, 0.3) is 0 Å². The molecule has 3 nitrogen and oxygen atoms in total. The van der Waals surface area contributed by atoms with Crippen LogP contribution in [0.1, 0.15) is 58.8 Å². The zero-order valence-electron chi connectivity index (χ0n) is 12.9. The van der Waals surface area contributed by atoms with E-state index in [0.717, 1.165) is 38.8 Å². The normalized spacial score (nSPS) is 31.4. The zero-order chi connectivity index (χ0) is 13.5. The van der Waals surface area contributed by atoms with Crippen molar-refractivity contribution in [2.45, 2.75) is 70.9 Å². The fourth-order valence-electron chi connectivity index (χ4n) is 4.35. The van der Waals surface area contributed by atoms with E-state index in [9.17, 15) is 4.79 Å². The Morgan fingerprint density at radius 2 is 1.95 bits per heavy atom. The first kappa shape index (κ1) is 16.1. The number of nitrogens with one attached hydrogen (secondary N) is 1. The number of likely N-dealkylation sites (tertiary alicyclic amines) is 1. The van der Waals surface area contributed by atoms with Gasteiger partial charge in [0.2, 0.25) is 5.91 Å². The highest BCUT2D eigenvalue weighted by atomic mass is 35.5. The van der Waals surface area contributed by atoms with Gasteiger partial charge < -0.3 is 10.2 Å². The van der Waals surface area contributed by atoms with Gasteiger partial charge in [0, 0.05) is 30.6 Å². The van der Waals surface area contributed by atoms with Gasteiger partial charge in [-0.2, -0.15) is 0 Å². The van der Waals surface area contributed by atoms with Gasteiger partial charge in [-0.3, -0.25) is 4.79 Å². The molecule has 3 aliphatic rings. The smallest absolute Gasteiger partial charge is 0.228 e. The maximum atomic E-state index is 13.0. The fourth-order valence-corrected chi connectivity index (χ4v) is 4.35. The van der Waals surface area contributed by atoms with E-state index in [1.807, 2.05) is 0 Å². The van der Waals surface area contributed by atoms with Gasteiger partial charge >= 0.3 is 0 Å². The minimum Gasteiger partial charge on any atom is -0.341 e. The molecule has 20 heavy (non-hydrogen) atoms. The lowest BCUT2D eigenvalue weighted by molar-refractivity contribution is -0.149. The number of rotatable bonds is 3. The molecule has 2 saturated heterocycles. The average molecular weight is 301 g/mol. The maximum Gasteiger partial charge on any atom is 0.228 e.